The summed E-state index contributed by atoms with van der Waals surface area (Å²) < 4.78 is 8.53. The van der Waals surface area contributed by atoms with Crippen molar-refractivity contribution in [3.8, 4) is 0 Å². The Bertz CT molecular complexity index is 546. The third-order valence-corrected chi connectivity index (χ3v) is 4.43. The van der Waals surface area contributed by atoms with Crippen LogP contribution in [0.1, 0.15) is 38.2 Å². The van der Waals surface area contributed by atoms with Crippen molar-refractivity contribution in [3.63, 3.8) is 0 Å². The first-order valence-electron chi connectivity index (χ1n) is 8.81. The first-order chi connectivity index (χ1) is 11.2. The van der Waals surface area contributed by atoms with Crippen molar-refractivity contribution in [2.24, 2.45) is 5.73 Å². The number of rotatable bonds is 5. The maximum Gasteiger partial charge on any atom is 0.0299 e. The summed E-state index contributed by atoms with van der Waals surface area (Å²) in [6, 6.07) is 21.3. The first kappa shape index (κ1) is 14.0. The summed E-state index contributed by atoms with van der Waals surface area (Å²) in [5, 5.41) is 0. The Kier molecular flexibility index (Phi) is 4.81. The van der Waals surface area contributed by atoms with Gasteiger partial charge >= 0.3 is 0 Å². The zero-order valence-corrected chi connectivity index (χ0v) is 13.1. The Balaban J connectivity index is 1.80. The summed E-state index contributed by atoms with van der Waals surface area (Å²) >= 11 is 0. The molecule has 1 aliphatic rings. The van der Waals surface area contributed by atoms with Gasteiger partial charge in [-0.05, 0) is 30.4 Å². The molecule has 1 fully saturated rings. The SMILES string of the molecule is [2H][C@@H]1[C@H](N(Cc2ccccc2)Cc2ccccc2)CCC[C@@H]1N. The zero-order chi connectivity index (χ0) is 16.1. The van der Waals surface area contributed by atoms with Gasteiger partial charge in [0.05, 0.1) is 0 Å². The quantitative estimate of drug-likeness (QED) is 0.904. The smallest absolute Gasteiger partial charge is 0.0299 e. The molecule has 0 unspecified atom stereocenters. The lowest BCUT2D eigenvalue weighted by Gasteiger charge is -2.36. The van der Waals surface area contributed by atoms with Crippen LogP contribution in [0.15, 0.2) is 60.7 Å². The van der Waals surface area contributed by atoms with Gasteiger partial charge in [-0.25, -0.2) is 0 Å². The first-order valence-corrected chi connectivity index (χ1v) is 8.24. The van der Waals surface area contributed by atoms with Crippen molar-refractivity contribution < 1.29 is 1.37 Å². The number of nitrogens with two attached hydrogens (primary N) is 1. The second kappa shape index (κ2) is 7.57. The van der Waals surface area contributed by atoms with Gasteiger partial charge in [-0.3, -0.25) is 4.90 Å². The van der Waals surface area contributed by atoms with E-state index >= 15 is 0 Å². The highest BCUT2D eigenvalue weighted by molar-refractivity contribution is 5.17. The molecule has 0 aromatic heterocycles. The van der Waals surface area contributed by atoms with Crippen molar-refractivity contribution >= 4 is 0 Å². The Hall–Kier alpha value is -1.64. The molecule has 0 radical (unpaired) electrons. The molecule has 2 heteroatoms. The van der Waals surface area contributed by atoms with Crippen LogP contribution in [0.3, 0.4) is 0 Å². The topological polar surface area (TPSA) is 29.3 Å². The Morgan fingerprint density at radius 1 is 0.909 bits per heavy atom. The fourth-order valence-corrected chi connectivity index (χ4v) is 3.27. The molecule has 0 bridgehead atoms. The molecule has 1 aliphatic carbocycles. The molecular weight excluding hydrogens is 268 g/mol. The number of hydrogen-bond acceptors (Lipinski definition) is 2. The predicted octanol–water partition coefficient (Wildman–Crippen LogP) is 3.96. The Morgan fingerprint density at radius 2 is 1.45 bits per heavy atom. The van der Waals surface area contributed by atoms with Crippen molar-refractivity contribution in [2.75, 3.05) is 0 Å². The lowest BCUT2D eigenvalue weighted by molar-refractivity contribution is 0.132. The van der Waals surface area contributed by atoms with Crippen molar-refractivity contribution in [1.29, 1.82) is 0 Å². The van der Waals surface area contributed by atoms with E-state index in [4.69, 9.17) is 7.10 Å². The standard InChI is InChI=1S/C20H26N2/c21-19-12-7-13-20(14-19)22(15-17-8-3-1-4-9-17)16-18-10-5-2-6-11-18/h1-6,8-11,19-20H,7,12-16,21H2/t19-,20+/m0/s1/i14D/t14-,19-,20+. The molecule has 22 heavy (non-hydrogen) atoms. The van der Waals surface area contributed by atoms with Crippen LogP contribution in [-0.2, 0) is 13.1 Å². The normalized spacial score (nSPS) is 25.9. The van der Waals surface area contributed by atoms with Crippen LogP contribution in [0.5, 0.6) is 0 Å². The van der Waals surface area contributed by atoms with E-state index in [2.05, 4.69) is 65.6 Å². The molecule has 3 atom stereocenters. The highest BCUT2D eigenvalue weighted by Gasteiger charge is 2.25. The predicted molar refractivity (Wildman–Crippen MR) is 92.4 cm³/mol. The van der Waals surface area contributed by atoms with E-state index in [0.717, 1.165) is 32.4 Å². The molecule has 3 rings (SSSR count). The summed E-state index contributed by atoms with van der Waals surface area (Å²) in [6.45, 7) is 1.75. The highest BCUT2D eigenvalue weighted by Crippen LogP contribution is 2.25. The van der Waals surface area contributed by atoms with Crippen LogP contribution >= 0.6 is 0 Å². The van der Waals surface area contributed by atoms with E-state index in [-0.39, 0.29) is 18.5 Å². The summed E-state index contributed by atoms with van der Waals surface area (Å²) in [4.78, 5) is 2.45. The van der Waals surface area contributed by atoms with E-state index in [1.54, 1.807) is 0 Å². The molecule has 2 aromatic carbocycles. The molecule has 116 valence electrons. The van der Waals surface area contributed by atoms with Gasteiger partial charge in [0.2, 0.25) is 0 Å². The maximum absolute atomic E-state index is 8.53. The monoisotopic (exact) mass is 295 g/mol. The average Bonchev–Trinajstić information content (AvgIpc) is 2.59. The van der Waals surface area contributed by atoms with E-state index in [1.807, 2.05) is 0 Å². The molecule has 0 heterocycles. The molecule has 2 N–H and O–H groups in total. The van der Waals surface area contributed by atoms with Gasteiger partial charge < -0.3 is 5.73 Å². The van der Waals surface area contributed by atoms with Crippen molar-refractivity contribution in [3.05, 3.63) is 71.8 Å². The third kappa shape index (κ3) is 4.19. The fraction of sp³-hybridized carbons (Fsp3) is 0.400. The maximum atomic E-state index is 8.53. The lowest BCUT2D eigenvalue weighted by atomic mass is 9.90. The summed E-state index contributed by atoms with van der Waals surface area (Å²) in [5.41, 5.74) is 8.78. The van der Waals surface area contributed by atoms with Gasteiger partial charge in [0.15, 0.2) is 0 Å². The second-order valence-electron chi connectivity index (χ2n) is 6.23. The van der Waals surface area contributed by atoms with Gasteiger partial charge in [0, 0.05) is 26.5 Å². The van der Waals surface area contributed by atoms with Crippen molar-refractivity contribution in [1.82, 2.24) is 4.90 Å². The molecule has 0 amide bonds. The van der Waals surface area contributed by atoms with Gasteiger partial charge in [0.1, 0.15) is 0 Å². The molecule has 0 saturated heterocycles. The molecule has 1 saturated carbocycles. The van der Waals surface area contributed by atoms with Crippen LogP contribution in [0, 0.1) is 0 Å². The molecule has 0 aliphatic heterocycles. The molecule has 2 aromatic rings. The zero-order valence-electron chi connectivity index (χ0n) is 14.1. The van der Waals surface area contributed by atoms with E-state index < -0.39 is 0 Å². The number of nitrogens with zero attached hydrogens (tertiary/aromatic N) is 1. The lowest BCUT2D eigenvalue weighted by Crippen LogP contribution is -2.41. The minimum atomic E-state index is -0.198. The van der Waals surface area contributed by atoms with Gasteiger partial charge in [0.25, 0.3) is 0 Å². The Morgan fingerprint density at radius 3 is 2.00 bits per heavy atom. The van der Waals surface area contributed by atoms with Crippen LogP contribution in [0.4, 0.5) is 0 Å². The summed E-state index contributed by atoms with van der Waals surface area (Å²) in [6.07, 6.45) is 2.98. The van der Waals surface area contributed by atoms with E-state index in [9.17, 15) is 0 Å². The van der Waals surface area contributed by atoms with Crippen LogP contribution < -0.4 is 5.73 Å². The number of benzene rings is 2. The Labute approximate surface area is 135 Å². The summed E-state index contributed by atoms with van der Waals surface area (Å²) in [7, 11) is 0. The van der Waals surface area contributed by atoms with Crippen LogP contribution in [-0.4, -0.2) is 17.0 Å². The summed E-state index contributed by atoms with van der Waals surface area (Å²) in [5.74, 6) is 0. The second-order valence-corrected chi connectivity index (χ2v) is 6.23. The minimum absolute atomic E-state index is 0.00259. The average molecular weight is 295 g/mol. The van der Waals surface area contributed by atoms with Crippen LogP contribution in [0.2, 0.25) is 0 Å². The van der Waals surface area contributed by atoms with Crippen molar-refractivity contribution in [2.45, 2.75) is 50.8 Å². The van der Waals surface area contributed by atoms with E-state index in [0.29, 0.717) is 0 Å². The molecule has 0 spiro atoms. The minimum Gasteiger partial charge on any atom is -0.328 e. The largest absolute Gasteiger partial charge is 0.328 e. The van der Waals surface area contributed by atoms with E-state index in [1.165, 1.54) is 11.1 Å². The van der Waals surface area contributed by atoms with Gasteiger partial charge in [-0.2, -0.15) is 0 Å². The third-order valence-electron chi connectivity index (χ3n) is 4.43. The molecule has 2 nitrogen and oxygen atoms in total. The fourth-order valence-electron chi connectivity index (χ4n) is 3.27. The molecular formula is C20H26N2. The van der Waals surface area contributed by atoms with Gasteiger partial charge in [-0.1, -0.05) is 67.1 Å². The highest BCUT2D eigenvalue weighted by atomic mass is 15.2. The van der Waals surface area contributed by atoms with Crippen LogP contribution in [0.25, 0.3) is 0 Å². The number of hydrogen-bond donors (Lipinski definition) is 1. The van der Waals surface area contributed by atoms with Gasteiger partial charge in [-0.15, -0.1) is 0 Å².